The molecule has 1 aliphatic heterocycles. The van der Waals surface area contributed by atoms with E-state index >= 15 is 0 Å². The molecular formula is C30H25N3O2. The number of rotatable bonds is 4. The molecule has 8 rings (SSSR count). The Balaban J connectivity index is 1.23. The Morgan fingerprint density at radius 2 is 1.46 bits per heavy atom. The lowest BCUT2D eigenvalue weighted by Crippen LogP contribution is -2.38. The van der Waals surface area contributed by atoms with E-state index in [1.807, 2.05) is 12.1 Å². The third-order valence-electron chi connectivity index (χ3n) is 8.09. The molecule has 4 atom stereocenters. The van der Waals surface area contributed by atoms with Crippen molar-refractivity contribution in [2.45, 2.75) is 19.4 Å². The van der Waals surface area contributed by atoms with Crippen LogP contribution in [0.15, 0.2) is 90.2 Å². The van der Waals surface area contributed by atoms with Crippen molar-refractivity contribution < 1.29 is 9.59 Å². The Hall–Kier alpha value is -3.99. The average Bonchev–Trinajstić information content (AvgIpc) is 3.39. The molecule has 4 aromatic rings. The zero-order valence-corrected chi connectivity index (χ0v) is 19.2. The van der Waals surface area contributed by atoms with E-state index in [0.717, 1.165) is 40.9 Å². The lowest BCUT2D eigenvalue weighted by atomic mass is 9.63. The molecule has 0 radical (unpaired) electrons. The molecule has 2 heterocycles. The van der Waals surface area contributed by atoms with Crippen molar-refractivity contribution in [2.24, 2.45) is 28.8 Å². The Kier molecular flexibility index (Phi) is 4.53. The number of aromatic nitrogens is 1. The molecule has 172 valence electrons. The van der Waals surface area contributed by atoms with Crippen molar-refractivity contribution in [3.8, 4) is 0 Å². The highest BCUT2D eigenvalue weighted by molar-refractivity contribution is 6.07. The monoisotopic (exact) mass is 459 g/mol. The van der Waals surface area contributed by atoms with Crippen LogP contribution in [-0.4, -0.2) is 27.6 Å². The minimum absolute atomic E-state index is 0.144. The number of carbonyl (C=O) groups is 2. The molecule has 2 fully saturated rings. The number of hydrazone groups is 1. The number of nitrogens with zero attached hydrogens (tertiary/aromatic N) is 3. The smallest absolute Gasteiger partial charge is 0.254 e. The topological polar surface area (TPSA) is 54.7 Å². The van der Waals surface area contributed by atoms with Crippen molar-refractivity contribution in [1.82, 2.24) is 9.58 Å². The Morgan fingerprint density at radius 1 is 0.800 bits per heavy atom. The van der Waals surface area contributed by atoms with Crippen molar-refractivity contribution in [3.63, 3.8) is 0 Å². The zero-order chi connectivity index (χ0) is 23.5. The molecule has 0 spiro atoms. The lowest BCUT2D eigenvalue weighted by molar-refractivity contribution is -0.140. The summed E-state index contributed by atoms with van der Waals surface area (Å²) in [4.78, 5) is 26.3. The first-order chi connectivity index (χ1) is 17.2. The number of imide groups is 1. The van der Waals surface area contributed by atoms with Crippen LogP contribution in [0.2, 0.25) is 0 Å². The van der Waals surface area contributed by atoms with Crippen molar-refractivity contribution in [2.75, 3.05) is 0 Å². The van der Waals surface area contributed by atoms with Crippen LogP contribution in [0, 0.1) is 23.7 Å². The minimum atomic E-state index is -0.240. The number of allylic oxidation sites excluding steroid dienone is 2. The van der Waals surface area contributed by atoms with Crippen LogP contribution in [0.4, 0.5) is 0 Å². The maximum atomic E-state index is 13.1. The van der Waals surface area contributed by atoms with Gasteiger partial charge in [0.2, 0.25) is 0 Å². The predicted molar refractivity (Wildman–Crippen MR) is 137 cm³/mol. The SMILES string of the molecule is O=C1[C@H]2[C@H](C(=O)N1/N=C\c1cn(Cc3cccc4ccccc34)c3ccccc13)[C@H]1C=C[C@H]2CC1. The third-order valence-corrected chi connectivity index (χ3v) is 8.09. The van der Waals surface area contributed by atoms with Crippen LogP contribution < -0.4 is 0 Å². The van der Waals surface area contributed by atoms with Gasteiger partial charge in [-0.1, -0.05) is 72.8 Å². The summed E-state index contributed by atoms with van der Waals surface area (Å²) in [5.41, 5.74) is 3.23. The maximum absolute atomic E-state index is 13.1. The van der Waals surface area contributed by atoms with Gasteiger partial charge in [0.05, 0.1) is 18.1 Å². The molecule has 4 aliphatic rings. The lowest BCUT2D eigenvalue weighted by Gasteiger charge is -2.37. The molecule has 0 N–H and O–H groups in total. The van der Waals surface area contributed by atoms with Gasteiger partial charge < -0.3 is 4.57 Å². The van der Waals surface area contributed by atoms with Crippen molar-refractivity contribution in [1.29, 1.82) is 0 Å². The number of amides is 2. The molecule has 5 nitrogen and oxygen atoms in total. The first kappa shape index (κ1) is 20.4. The molecule has 5 heteroatoms. The van der Waals surface area contributed by atoms with Crippen LogP contribution in [0.5, 0.6) is 0 Å². The number of fused-ring (bicyclic) bond motifs is 3. The molecule has 2 bridgehead atoms. The Labute approximate surface area is 203 Å². The fourth-order valence-corrected chi connectivity index (χ4v) is 6.41. The van der Waals surface area contributed by atoms with E-state index in [1.165, 1.54) is 16.3 Å². The van der Waals surface area contributed by atoms with E-state index in [2.05, 4.69) is 82.6 Å². The summed E-state index contributed by atoms with van der Waals surface area (Å²) in [5.74, 6) is -0.426. The molecule has 1 saturated heterocycles. The van der Waals surface area contributed by atoms with E-state index in [9.17, 15) is 9.59 Å². The van der Waals surface area contributed by atoms with E-state index in [4.69, 9.17) is 0 Å². The Bertz CT molecular complexity index is 1530. The maximum Gasteiger partial charge on any atom is 0.254 e. The minimum Gasteiger partial charge on any atom is -0.342 e. The summed E-state index contributed by atoms with van der Waals surface area (Å²) in [6.07, 6.45) is 9.99. The van der Waals surface area contributed by atoms with Gasteiger partial charge in [-0.3, -0.25) is 9.59 Å². The molecular weight excluding hydrogens is 434 g/mol. The largest absolute Gasteiger partial charge is 0.342 e. The third kappa shape index (κ3) is 3.11. The van der Waals surface area contributed by atoms with E-state index in [0.29, 0.717) is 0 Å². The number of carbonyl (C=O) groups excluding carboxylic acids is 2. The molecule has 3 aliphatic carbocycles. The summed E-state index contributed by atoms with van der Waals surface area (Å²) in [7, 11) is 0. The normalized spacial score (nSPS) is 25.4. The second-order valence-electron chi connectivity index (χ2n) is 9.94. The van der Waals surface area contributed by atoms with Gasteiger partial charge in [-0.25, -0.2) is 0 Å². The van der Waals surface area contributed by atoms with Crippen LogP contribution in [0.25, 0.3) is 21.7 Å². The van der Waals surface area contributed by atoms with Crippen molar-refractivity contribution >= 4 is 39.7 Å². The Morgan fingerprint density at radius 3 is 2.20 bits per heavy atom. The number of benzene rings is 3. The van der Waals surface area contributed by atoms with Crippen LogP contribution >= 0.6 is 0 Å². The van der Waals surface area contributed by atoms with Gasteiger partial charge in [0.25, 0.3) is 11.8 Å². The quantitative estimate of drug-likeness (QED) is 0.234. The zero-order valence-electron chi connectivity index (χ0n) is 19.2. The van der Waals surface area contributed by atoms with Crippen LogP contribution in [-0.2, 0) is 16.1 Å². The highest BCUT2D eigenvalue weighted by Crippen LogP contribution is 2.49. The first-order valence-corrected chi connectivity index (χ1v) is 12.3. The fourth-order valence-electron chi connectivity index (χ4n) is 6.41. The van der Waals surface area contributed by atoms with Crippen LogP contribution in [0.1, 0.15) is 24.0 Å². The van der Waals surface area contributed by atoms with Gasteiger partial charge in [-0.2, -0.15) is 10.1 Å². The van der Waals surface area contributed by atoms with Gasteiger partial charge in [-0.15, -0.1) is 0 Å². The molecule has 2 amide bonds. The molecule has 0 unspecified atom stereocenters. The van der Waals surface area contributed by atoms with Gasteiger partial charge in [0.15, 0.2) is 0 Å². The van der Waals surface area contributed by atoms with E-state index < -0.39 is 0 Å². The highest BCUT2D eigenvalue weighted by atomic mass is 16.2. The standard InChI is InChI=1S/C30H25N3O2/c34-29-27-20-12-13-21(15-14-20)28(27)30(35)33(29)31-16-23-18-32(26-11-4-3-10-25(23)26)17-22-8-5-7-19-6-1-2-9-24(19)22/h1-13,16,18,20-21,27-28H,14-15,17H2/b31-16-/t20-,21-,27+,28+/m0/s1. The fraction of sp³-hybridized carbons (Fsp3) is 0.233. The summed E-state index contributed by atoms with van der Waals surface area (Å²) < 4.78 is 2.22. The summed E-state index contributed by atoms with van der Waals surface area (Å²) in [6.45, 7) is 0.719. The number of para-hydroxylation sites is 1. The molecule has 1 aromatic heterocycles. The number of hydrogen-bond donors (Lipinski definition) is 0. The number of hydrogen-bond acceptors (Lipinski definition) is 3. The second kappa shape index (κ2) is 7.77. The molecule has 1 saturated carbocycles. The summed E-state index contributed by atoms with van der Waals surface area (Å²) in [5, 5.41) is 9.12. The summed E-state index contributed by atoms with van der Waals surface area (Å²) >= 11 is 0. The van der Waals surface area contributed by atoms with Gasteiger partial charge in [0.1, 0.15) is 0 Å². The first-order valence-electron chi connectivity index (χ1n) is 12.3. The van der Waals surface area contributed by atoms with E-state index in [1.54, 1.807) is 6.21 Å². The highest BCUT2D eigenvalue weighted by Gasteiger charge is 2.56. The predicted octanol–water partition coefficient (Wildman–Crippen LogP) is 5.37. The van der Waals surface area contributed by atoms with E-state index in [-0.39, 0.29) is 35.5 Å². The van der Waals surface area contributed by atoms with Gasteiger partial charge >= 0.3 is 0 Å². The average molecular weight is 460 g/mol. The van der Waals surface area contributed by atoms with Gasteiger partial charge in [-0.05, 0) is 47.1 Å². The molecule has 3 aromatic carbocycles. The molecule has 35 heavy (non-hydrogen) atoms. The summed E-state index contributed by atoms with van der Waals surface area (Å²) in [6, 6.07) is 23.0. The van der Waals surface area contributed by atoms with Crippen LogP contribution in [0.3, 0.4) is 0 Å². The second-order valence-corrected chi connectivity index (χ2v) is 9.94. The van der Waals surface area contributed by atoms with Gasteiger partial charge in [0, 0.05) is 29.2 Å². The van der Waals surface area contributed by atoms with Crippen molar-refractivity contribution in [3.05, 3.63) is 96.2 Å².